The van der Waals surface area contributed by atoms with E-state index in [9.17, 15) is 9.18 Å². The summed E-state index contributed by atoms with van der Waals surface area (Å²) in [6, 6.07) is 5.56. The molecular weight excluding hydrogens is 291 g/mol. The van der Waals surface area contributed by atoms with Crippen molar-refractivity contribution in [3.8, 4) is 10.6 Å². The number of nitrogens with zero attached hydrogens (tertiary/aromatic N) is 1. The molecule has 0 aliphatic rings. The molecule has 1 atom stereocenters. The SMILES string of the molecule is CC(C)[C@@H](NCc1csc(-c2ccc(F)cc2)n1)C(=O)O. The van der Waals surface area contributed by atoms with Gasteiger partial charge in [-0.2, -0.15) is 0 Å². The zero-order valence-corrected chi connectivity index (χ0v) is 12.7. The minimum Gasteiger partial charge on any atom is -0.480 e. The second kappa shape index (κ2) is 6.78. The van der Waals surface area contributed by atoms with Gasteiger partial charge in [-0.3, -0.25) is 10.1 Å². The maximum Gasteiger partial charge on any atom is 0.320 e. The third-order valence-electron chi connectivity index (χ3n) is 3.08. The van der Waals surface area contributed by atoms with Gasteiger partial charge in [0.1, 0.15) is 16.9 Å². The first-order valence-corrected chi connectivity index (χ1v) is 7.52. The summed E-state index contributed by atoms with van der Waals surface area (Å²) >= 11 is 1.46. The lowest BCUT2D eigenvalue weighted by Crippen LogP contribution is -2.40. The third kappa shape index (κ3) is 4.09. The fourth-order valence-electron chi connectivity index (χ4n) is 1.94. The van der Waals surface area contributed by atoms with Crippen molar-refractivity contribution in [3.63, 3.8) is 0 Å². The van der Waals surface area contributed by atoms with E-state index in [-0.39, 0.29) is 11.7 Å². The summed E-state index contributed by atoms with van der Waals surface area (Å²) in [6.45, 7) is 4.11. The summed E-state index contributed by atoms with van der Waals surface area (Å²) in [4.78, 5) is 15.5. The molecule has 4 nitrogen and oxygen atoms in total. The molecule has 1 aromatic carbocycles. The predicted molar refractivity (Wildman–Crippen MR) is 80.6 cm³/mol. The summed E-state index contributed by atoms with van der Waals surface area (Å²) in [5.74, 6) is -1.14. The van der Waals surface area contributed by atoms with E-state index in [0.717, 1.165) is 16.3 Å². The average Bonchev–Trinajstić information content (AvgIpc) is 2.87. The first-order chi connectivity index (χ1) is 9.97. The van der Waals surface area contributed by atoms with Gasteiger partial charge in [0.15, 0.2) is 0 Å². The molecule has 0 saturated heterocycles. The van der Waals surface area contributed by atoms with E-state index >= 15 is 0 Å². The Morgan fingerprint density at radius 2 is 2.05 bits per heavy atom. The number of benzene rings is 1. The first kappa shape index (κ1) is 15.6. The number of halogens is 1. The highest BCUT2D eigenvalue weighted by Gasteiger charge is 2.20. The summed E-state index contributed by atoms with van der Waals surface area (Å²) in [5, 5.41) is 14.8. The molecule has 0 amide bonds. The molecule has 0 radical (unpaired) electrons. The first-order valence-electron chi connectivity index (χ1n) is 6.64. The molecule has 112 valence electrons. The molecular formula is C15H17FN2O2S. The molecule has 2 rings (SSSR count). The minimum absolute atomic E-state index is 0.00213. The quantitative estimate of drug-likeness (QED) is 0.860. The molecule has 0 fully saturated rings. The van der Waals surface area contributed by atoms with Gasteiger partial charge in [-0.25, -0.2) is 9.37 Å². The number of carbonyl (C=O) groups is 1. The largest absolute Gasteiger partial charge is 0.480 e. The highest BCUT2D eigenvalue weighted by atomic mass is 32.1. The third-order valence-corrected chi connectivity index (χ3v) is 4.02. The van der Waals surface area contributed by atoms with Crippen molar-refractivity contribution in [1.29, 1.82) is 0 Å². The fraction of sp³-hybridized carbons (Fsp3) is 0.333. The van der Waals surface area contributed by atoms with E-state index in [0.29, 0.717) is 6.54 Å². The zero-order chi connectivity index (χ0) is 15.4. The van der Waals surface area contributed by atoms with Crippen LogP contribution in [0.4, 0.5) is 4.39 Å². The van der Waals surface area contributed by atoms with Gasteiger partial charge in [0.05, 0.1) is 5.69 Å². The zero-order valence-electron chi connectivity index (χ0n) is 11.8. The molecule has 0 aliphatic carbocycles. The van der Waals surface area contributed by atoms with E-state index in [1.807, 2.05) is 19.2 Å². The number of thiazole rings is 1. The van der Waals surface area contributed by atoms with Crippen LogP contribution >= 0.6 is 11.3 Å². The van der Waals surface area contributed by atoms with Crippen LogP contribution in [-0.2, 0) is 11.3 Å². The van der Waals surface area contributed by atoms with Crippen molar-refractivity contribution in [1.82, 2.24) is 10.3 Å². The molecule has 0 spiro atoms. The molecule has 1 aromatic heterocycles. The average molecular weight is 308 g/mol. The fourth-order valence-corrected chi connectivity index (χ4v) is 2.76. The van der Waals surface area contributed by atoms with E-state index < -0.39 is 12.0 Å². The molecule has 2 aromatic rings. The molecule has 6 heteroatoms. The number of carboxylic acid groups (broad SMARTS) is 1. The molecule has 0 unspecified atom stereocenters. The Balaban J connectivity index is 2.03. The number of aliphatic carboxylic acids is 1. The van der Waals surface area contributed by atoms with Crippen LogP contribution in [0.2, 0.25) is 0 Å². The summed E-state index contributed by atoms with van der Waals surface area (Å²) in [6.07, 6.45) is 0. The number of rotatable bonds is 6. The van der Waals surface area contributed by atoms with Crippen LogP contribution in [0, 0.1) is 11.7 Å². The van der Waals surface area contributed by atoms with Crippen LogP contribution in [0.5, 0.6) is 0 Å². The Hall–Kier alpha value is -1.79. The minimum atomic E-state index is -0.862. The number of hydrogen-bond donors (Lipinski definition) is 2. The highest BCUT2D eigenvalue weighted by Crippen LogP contribution is 2.23. The van der Waals surface area contributed by atoms with Crippen molar-refractivity contribution >= 4 is 17.3 Å². The van der Waals surface area contributed by atoms with Crippen LogP contribution < -0.4 is 5.32 Å². The van der Waals surface area contributed by atoms with Crippen molar-refractivity contribution in [2.24, 2.45) is 5.92 Å². The number of nitrogens with one attached hydrogen (secondary N) is 1. The van der Waals surface area contributed by atoms with Crippen molar-refractivity contribution in [2.45, 2.75) is 26.4 Å². The second-order valence-electron chi connectivity index (χ2n) is 5.09. The summed E-state index contributed by atoms with van der Waals surface area (Å²) in [5.41, 5.74) is 1.64. The van der Waals surface area contributed by atoms with Gasteiger partial charge in [0.25, 0.3) is 0 Å². The monoisotopic (exact) mass is 308 g/mol. The Morgan fingerprint density at radius 1 is 1.38 bits per heavy atom. The van der Waals surface area contributed by atoms with E-state index in [4.69, 9.17) is 5.11 Å². The number of hydrogen-bond acceptors (Lipinski definition) is 4. The molecule has 1 heterocycles. The lowest BCUT2D eigenvalue weighted by Gasteiger charge is -2.16. The van der Waals surface area contributed by atoms with E-state index in [1.54, 1.807) is 12.1 Å². The Kier molecular flexibility index (Phi) is 5.03. The molecule has 2 N–H and O–H groups in total. The van der Waals surface area contributed by atoms with Crippen LogP contribution in [-0.4, -0.2) is 22.1 Å². The topological polar surface area (TPSA) is 62.2 Å². The maximum absolute atomic E-state index is 12.9. The van der Waals surface area contributed by atoms with Crippen molar-refractivity contribution in [2.75, 3.05) is 0 Å². The van der Waals surface area contributed by atoms with Crippen LogP contribution in [0.3, 0.4) is 0 Å². The van der Waals surface area contributed by atoms with E-state index in [2.05, 4.69) is 10.3 Å². The van der Waals surface area contributed by atoms with Gasteiger partial charge in [-0.1, -0.05) is 13.8 Å². The van der Waals surface area contributed by atoms with Gasteiger partial charge in [-0.05, 0) is 30.2 Å². The summed E-state index contributed by atoms with van der Waals surface area (Å²) in [7, 11) is 0. The number of carboxylic acids is 1. The van der Waals surface area contributed by atoms with Gasteiger partial charge >= 0.3 is 5.97 Å². The summed E-state index contributed by atoms with van der Waals surface area (Å²) < 4.78 is 12.9. The van der Waals surface area contributed by atoms with Crippen molar-refractivity contribution in [3.05, 3.63) is 41.2 Å². The molecule has 21 heavy (non-hydrogen) atoms. The van der Waals surface area contributed by atoms with Crippen LogP contribution in [0.1, 0.15) is 19.5 Å². The van der Waals surface area contributed by atoms with Crippen molar-refractivity contribution < 1.29 is 14.3 Å². The van der Waals surface area contributed by atoms with Gasteiger partial charge in [0, 0.05) is 17.5 Å². The standard InChI is InChI=1S/C15H17FN2O2S/c1-9(2)13(15(19)20)17-7-12-8-21-14(18-12)10-3-5-11(16)6-4-10/h3-6,8-9,13,17H,7H2,1-2H3,(H,19,20)/t13-/m1/s1. The molecule has 0 bridgehead atoms. The molecule has 0 aliphatic heterocycles. The number of aromatic nitrogens is 1. The van der Waals surface area contributed by atoms with Crippen LogP contribution in [0.25, 0.3) is 10.6 Å². The van der Waals surface area contributed by atoms with Gasteiger partial charge in [-0.15, -0.1) is 11.3 Å². The van der Waals surface area contributed by atoms with Gasteiger partial charge < -0.3 is 5.11 Å². The Labute approximate surface area is 126 Å². The lowest BCUT2D eigenvalue weighted by molar-refractivity contribution is -0.140. The second-order valence-corrected chi connectivity index (χ2v) is 5.95. The Bertz CT molecular complexity index is 610. The van der Waals surface area contributed by atoms with E-state index in [1.165, 1.54) is 23.5 Å². The Morgan fingerprint density at radius 3 is 2.62 bits per heavy atom. The predicted octanol–water partition coefficient (Wildman–Crippen LogP) is 3.15. The smallest absolute Gasteiger partial charge is 0.320 e. The maximum atomic E-state index is 12.9. The van der Waals surface area contributed by atoms with Crippen LogP contribution in [0.15, 0.2) is 29.6 Å². The molecule has 0 saturated carbocycles. The highest BCUT2D eigenvalue weighted by molar-refractivity contribution is 7.13. The van der Waals surface area contributed by atoms with Gasteiger partial charge in [0.2, 0.25) is 0 Å². The lowest BCUT2D eigenvalue weighted by atomic mass is 10.1. The normalized spacial score (nSPS) is 12.6.